The van der Waals surface area contributed by atoms with Crippen LogP contribution in [0.4, 0.5) is 0 Å². The molecule has 5 heteroatoms. The molecule has 0 saturated carbocycles. The molecule has 0 rings (SSSR count). The van der Waals surface area contributed by atoms with Crippen LogP contribution in [-0.4, -0.2) is 24.0 Å². The molecule has 0 aliphatic heterocycles. The normalized spacial score (nSPS) is 12.9. The standard InChI is InChI=1S/C10H14O5/c1-6(10(13)15-9(4)12)5-7(2)14-8(3)11/h5,7H,1-4H3. The van der Waals surface area contributed by atoms with Crippen LogP contribution >= 0.6 is 0 Å². The molecule has 0 N–H and O–H groups in total. The Balaban J connectivity index is 4.35. The summed E-state index contributed by atoms with van der Waals surface area (Å²) in [4.78, 5) is 32.2. The summed E-state index contributed by atoms with van der Waals surface area (Å²) in [6.45, 7) is 5.49. The summed E-state index contributed by atoms with van der Waals surface area (Å²) < 4.78 is 9.10. The smallest absolute Gasteiger partial charge is 0.341 e. The zero-order valence-corrected chi connectivity index (χ0v) is 9.20. The maximum Gasteiger partial charge on any atom is 0.341 e. The van der Waals surface area contributed by atoms with Crippen molar-refractivity contribution in [1.29, 1.82) is 0 Å². The molecule has 5 nitrogen and oxygen atoms in total. The Bertz CT molecular complexity index is 303. The molecule has 0 saturated heterocycles. The Hall–Kier alpha value is -1.65. The first-order valence-electron chi connectivity index (χ1n) is 4.41. The van der Waals surface area contributed by atoms with Gasteiger partial charge in [-0.25, -0.2) is 4.79 Å². The van der Waals surface area contributed by atoms with Crippen LogP contribution in [0.15, 0.2) is 11.6 Å². The van der Waals surface area contributed by atoms with E-state index >= 15 is 0 Å². The highest BCUT2D eigenvalue weighted by Gasteiger charge is 2.11. The number of carbonyl (C=O) groups is 3. The van der Waals surface area contributed by atoms with Gasteiger partial charge in [0, 0.05) is 19.4 Å². The van der Waals surface area contributed by atoms with E-state index in [1.165, 1.54) is 19.9 Å². The molecule has 0 radical (unpaired) electrons. The number of ether oxygens (including phenoxy) is 2. The maximum atomic E-state index is 11.1. The second kappa shape index (κ2) is 5.95. The fraction of sp³-hybridized carbons (Fsp3) is 0.500. The number of carbonyl (C=O) groups excluding carboxylic acids is 3. The van der Waals surface area contributed by atoms with Crippen molar-refractivity contribution in [2.24, 2.45) is 0 Å². The van der Waals surface area contributed by atoms with E-state index in [4.69, 9.17) is 4.74 Å². The molecule has 0 aromatic carbocycles. The van der Waals surface area contributed by atoms with E-state index in [2.05, 4.69) is 4.74 Å². The Labute approximate surface area is 88.0 Å². The second-order valence-electron chi connectivity index (χ2n) is 3.05. The third-order valence-corrected chi connectivity index (χ3v) is 1.39. The molecule has 0 aliphatic carbocycles. The zero-order chi connectivity index (χ0) is 12.0. The van der Waals surface area contributed by atoms with Crippen LogP contribution in [0.25, 0.3) is 0 Å². The zero-order valence-electron chi connectivity index (χ0n) is 9.20. The van der Waals surface area contributed by atoms with Crippen molar-refractivity contribution in [1.82, 2.24) is 0 Å². The summed E-state index contributed by atoms with van der Waals surface area (Å²) in [5, 5.41) is 0. The average Bonchev–Trinajstić information content (AvgIpc) is 2.00. The van der Waals surface area contributed by atoms with Gasteiger partial charge in [-0.15, -0.1) is 0 Å². The molecule has 0 heterocycles. The van der Waals surface area contributed by atoms with Crippen LogP contribution in [0, 0.1) is 0 Å². The summed E-state index contributed by atoms with van der Waals surface area (Å²) in [5.41, 5.74) is 0.221. The molecule has 0 fully saturated rings. The van der Waals surface area contributed by atoms with Gasteiger partial charge in [-0.2, -0.15) is 0 Å². The molecule has 84 valence electrons. The van der Waals surface area contributed by atoms with Gasteiger partial charge in [-0.1, -0.05) is 0 Å². The fourth-order valence-corrected chi connectivity index (χ4v) is 0.927. The van der Waals surface area contributed by atoms with Gasteiger partial charge in [-0.05, 0) is 19.9 Å². The summed E-state index contributed by atoms with van der Waals surface area (Å²) in [6, 6.07) is 0. The van der Waals surface area contributed by atoms with Crippen LogP contribution in [0.5, 0.6) is 0 Å². The van der Waals surface area contributed by atoms with Gasteiger partial charge in [0.05, 0.1) is 0 Å². The van der Waals surface area contributed by atoms with E-state index in [1.54, 1.807) is 6.92 Å². The predicted molar refractivity (Wildman–Crippen MR) is 51.8 cm³/mol. The lowest BCUT2D eigenvalue weighted by molar-refractivity contribution is -0.155. The molecule has 0 amide bonds. The molecule has 0 spiro atoms. The van der Waals surface area contributed by atoms with Crippen molar-refractivity contribution in [3.63, 3.8) is 0 Å². The highest BCUT2D eigenvalue weighted by Crippen LogP contribution is 2.02. The second-order valence-corrected chi connectivity index (χ2v) is 3.05. The predicted octanol–water partition coefficient (Wildman–Crippen LogP) is 0.974. The van der Waals surface area contributed by atoms with Crippen LogP contribution in [0.1, 0.15) is 27.7 Å². The van der Waals surface area contributed by atoms with Gasteiger partial charge < -0.3 is 9.47 Å². The van der Waals surface area contributed by atoms with Crippen molar-refractivity contribution in [3.05, 3.63) is 11.6 Å². The topological polar surface area (TPSA) is 69.7 Å². The van der Waals surface area contributed by atoms with Crippen LogP contribution in [-0.2, 0) is 23.9 Å². The largest absolute Gasteiger partial charge is 0.459 e. The third kappa shape index (κ3) is 6.42. The van der Waals surface area contributed by atoms with Gasteiger partial charge >= 0.3 is 17.9 Å². The number of esters is 3. The third-order valence-electron chi connectivity index (χ3n) is 1.39. The van der Waals surface area contributed by atoms with Crippen LogP contribution in [0.3, 0.4) is 0 Å². The number of rotatable bonds is 3. The van der Waals surface area contributed by atoms with Gasteiger partial charge in [0.2, 0.25) is 0 Å². The van der Waals surface area contributed by atoms with E-state index in [-0.39, 0.29) is 5.57 Å². The van der Waals surface area contributed by atoms with Gasteiger partial charge in [0.1, 0.15) is 6.10 Å². The molecule has 0 aromatic heterocycles. The monoisotopic (exact) mass is 214 g/mol. The molecule has 0 bridgehead atoms. The summed E-state index contributed by atoms with van der Waals surface area (Å²) in [6.07, 6.45) is 0.883. The molecule has 0 aromatic rings. The highest BCUT2D eigenvalue weighted by molar-refractivity contribution is 5.95. The van der Waals surface area contributed by atoms with E-state index in [0.29, 0.717) is 0 Å². The van der Waals surface area contributed by atoms with Crippen molar-refractivity contribution in [3.8, 4) is 0 Å². The van der Waals surface area contributed by atoms with Gasteiger partial charge in [0.15, 0.2) is 0 Å². The van der Waals surface area contributed by atoms with Gasteiger partial charge in [0.25, 0.3) is 0 Å². The van der Waals surface area contributed by atoms with E-state index in [0.717, 1.165) is 6.92 Å². The van der Waals surface area contributed by atoms with E-state index in [1.807, 2.05) is 0 Å². The molecular weight excluding hydrogens is 200 g/mol. The quantitative estimate of drug-likeness (QED) is 0.398. The minimum Gasteiger partial charge on any atom is -0.459 e. The van der Waals surface area contributed by atoms with E-state index < -0.39 is 24.0 Å². The lowest BCUT2D eigenvalue weighted by Crippen LogP contribution is -2.14. The minimum absolute atomic E-state index is 0.221. The first-order chi connectivity index (χ1) is 6.82. The Kier molecular flexibility index (Phi) is 5.30. The molecule has 1 atom stereocenters. The summed E-state index contributed by atoms with van der Waals surface area (Å²) in [7, 11) is 0. The summed E-state index contributed by atoms with van der Waals surface area (Å²) in [5.74, 6) is -1.85. The fourth-order valence-electron chi connectivity index (χ4n) is 0.927. The number of hydrogen-bond acceptors (Lipinski definition) is 5. The first-order valence-corrected chi connectivity index (χ1v) is 4.41. The highest BCUT2D eigenvalue weighted by atomic mass is 16.6. The SMILES string of the molecule is CC(=O)OC(=O)C(C)=CC(C)OC(C)=O. The number of hydrogen-bond donors (Lipinski definition) is 0. The lowest BCUT2D eigenvalue weighted by atomic mass is 10.2. The van der Waals surface area contributed by atoms with Crippen molar-refractivity contribution in [2.45, 2.75) is 33.8 Å². The lowest BCUT2D eigenvalue weighted by Gasteiger charge is -2.07. The Morgan fingerprint density at radius 1 is 1.07 bits per heavy atom. The Morgan fingerprint density at radius 3 is 2.00 bits per heavy atom. The first kappa shape index (κ1) is 13.4. The Morgan fingerprint density at radius 2 is 1.60 bits per heavy atom. The van der Waals surface area contributed by atoms with E-state index in [9.17, 15) is 14.4 Å². The summed E-state index contributed by atoms with van der Waals surface area (Å²) >= 11 is 0. The van der Waals surface area contributed by atoms with Crippen molar-refractivity contribution < 1.29 is 23.9 Å². The van der Waals surface area contributed by atoms with Crippen LogP contribution in [0.2, 0.25) is 0 Å². The molecule has 1 unspecified atom stereocenters. The average molecular weight is 214 g/mol. The maximum absolute atomic E-state index is 11.1. The van der Waals surface area contributed by atoms with Crippen molar-refractivity contribution in [2.75, 3.05) is 0 Å². The van der Waals surface area contributed by atoms with Gasteiger partial charge in [-0.3, -0.25) is 9.59 Å². The van der Waals surface area contributed by atoms with Crippen molar-refractivity contribution >= 4 is 17.9 Å². The molecular formula is C10H14O5. The molecule has 15 heavy (non-hydrogen) atoms. The van der Waals surface area contributed by atoms with Crippen LogP contribution < -0.4 is 0 Å². The minimum atomic E-state index is -0.735. The molecule has 0 aliphatic rings.